The second kappa shape index (κ2) is 6.54. The molecule has 6 nitrogen and oxygen atoms in total. The molecule has 1 atom stereocenters. The van der Waals surface area contributed by atoms with E-state index in [-0.39, 0.29) is 11.9 Å². The molecule has 0 aliphatic carbocycles. The van der Waals surface area contributed by atoms with E-state index in [1.165, 1.54) is 0 Å². The molecule has 0 saturated carbocycles. The summed E-state index contributed by atoms with van der Waals surface area (Å²) in [5.74, 6) is 0.182. The molecule has 4 rings (SSSR count). The van der Waals surface area contributed by atoms with Gasteiger partial charge in [0.2, 0.25) is 0 Å². The number of amides is 1. The van der Waals surface area contributed by atoms with E-state index in [0.717, 1.165) is 11.1 Å². The SMILES string of the molecule is CCOC[C@@H]1CN(C(=O)c2cc3cc(Cl)ccc3o2)Cc2cncn21. The highest BCUT2D eigenvalue weighted by atomic mass is 35.5. The first-order valence-corrected chi connectivity index (χ1v) is 8.60. The fourth-order valence-corrected chi connectivity index (χ4v) is 3.38. The number of carbonyl (C=O) groups excluding carboxylic acids is 1. The molecule has 0 spiro atoms. The number of imidazole rings is 1. The lowest BCUT2D eigenvalue weighted by Gasteiger charge is -2.33. The number of nitrogens with zero attached hydrogens (tertiary/aromatic N) is 3. The third-order valence-electron chi connectivity index (χ3n) is 4.41. The third-order valence-corrected chi connectivity index (χ3v) is 4.65. The summed E-state index contributed by atoms with van der Waals surface area (Å²) in [5, 5.41) is 1.44. The number of rotatable bonds is 4. The van der Waals surface area contributed by atoms with Gasteiger partial charge in [-0.3, -0.25) is 4.79 Å². The van der Waals surface area contributed by atoms with Crippen molar-refractivity contribution in [2.45, 2.75) is 19.5 Å². The van der Waals surface area contributed by atoms with Crippen LogP contribution in [0.25, 0.3) is 11.0 Å². The molecule has 25 heavy (non-hydrogen) atoms. The lowest BCUT2D eigenvalue weighted by molar-refractivity contribution is 0.0521. The normalized spacial score (nSPS) is 17.0. The van der Waals surface area contributed by atoms with Gasteiger partial charge >= 0.3 is 0 Å². The van der Waals surface area contributed by atoms with Crippen LogP contribution < -0.4 is 0 Å². The summed E-state index contributed by atoms with van der Waals surface area (Å²) in [6, 6.07) is 7.11. The molecular weight excluding hydrogens is 342 g/mol. The molecule has 0 fully saturated rings. The zero-order valence-electron chi connectivity index (χ0n) is 13.8. The van der Waals surface area contributed by atoms with E-state index in [4.69, 9.17) is 20.8 Å². The molecule has 7 heteroatoms. The van der Waals surface area contributed by atoms with Gasteiger partial charge in [-0.1, -0.05) is 11.6 Å². The maximum atomic E-state index is 12.9. The second-order valence-corrected chi connectivity index (χ2v) is 6.52. The number of furan rings is 1. The number of fused-ring (bicyclic) bond motifs is 2. The van der Waals surface area contributed by atoms with E-state index in [0.29, 0.717) is 42.7 Å². The number of benzene rings is 1. The average molecular weight is 360 g/mol. The largest absolute Gasteiger partial charge is 0.451 e. The van der Waals surface area contributed by atoms with E-state index in [1.807, 2.05) is 6.92 Å². The van der Waals surface area contributed by atoms with Crippen molar-refractivity contribution in [2.24, 2.45) is 0 Å². The molecule has 130 valence electrons. The quantitative estimate of drug-likeness (QED) is 0.715. The Morgan fingerprint density at radius 2 is 2.32 bits per heavy atom. The van der Waals surface area contributed by atoms with Crippen LogP contribution in [0.2, 0.25) is 5.02 Å². The van der Waals surface area contributed by atoms with Crippen LogP contribution in [0.3, 0.4) is 0 Å². The van der Waals surface area contributed by atoms with Crippen LogP contribution in [-0.2, 0) is 11.3 Å². The smallest absolute Gasteiger partial charge is 0.290 e. The number of hydrogen-bond acceptors (Lipinski definition) is 4. The van der Waals surface area contributed by atoms with Crippen LogP contribution in [0.15, 0.2) is 41.2 Å². The monoisotopic (exact) mass is 359 g/mol. The average Bonchev–Trinajstić information content (AvgIpc) is 3.24. The Morgan fingerprint density at radius 1 is 1.44 bits per heavy atom. The predicted octanol–water partition coefficient (Wildman–Crippen LogP) is 3.52. The number of ether oxygens (including phenoxy) is 1. The van der Waals surface area contributed by atoms with Gasteiger partial charge in [0, 0.05) is 29.8 Å². The minimum absolute atomic E-state index is 0.0500. The maximum Gasteiger partial charge on any atom is 0.290 e. The van der Waals surface area contributed by atoms with Crippen molar-refractivity contribution in [3.63, 3.8) is 0 Å². The molecule has 2 aromatic heterocycles. The standard InChI is InChI=1S/C18H18ClN3O3/c1-2-24-10-15-9-21(8-14-7-20-11-22(14)15)18(23)17-6-12-5-13(19)3-4-16(12)25-17/h3-7,11,15H,2,8-10H2,1H3/t15-/m0/s1. The summed E-state index contributed by atoms with van der Waals surface area (Å²) in [5.41, 5.74) is 1.64. The van der Waals surface area contributed by atoms with Crippen LogP contribution in [0.5, 0.6) is 0 Å². The number of hydrogen-bond donors (Lipinski definition) is 0. The third kappa shape index (κ3) is 3.03. The Kier molecular flexibility index (Phi) is 4.23. The summed E-state index contributed by atoms with van der Waals surface area (Å²) in [6.07, 6.45) is 3.58. The van der Waals surface area contributed by atoms with Crippen molar-refractivity contribution in [1.29, 1.82) is 0 Å². The van der Waals surface area contributed by atoms with Gasteiger partial charge < -0.3 is 18.6 Å². The minimum atomic E-state index is -0.138. The first-order chi connectivity index (χ1) is 12.2. The second-order valence-electron chi connectivity index (χ2n) is 6.08. The number of carbonyl (C=O) groups is 1. The summed E-state index contributed by atoms with van der Waals surface area (Å²) >= 11 is 6.01. The molecule has 1 amide bonds. The van der Waals surface area contributed by atoms with Gasteiger partial charge in [0.05, 0.1) is 31.2 Å². The fraction of sp³-hybridized carbons (Fsp3) is 0.333. The van der Waals surface area contributed by atoms with E-state index in [1.54, 1.807) is 41.7 Å². The highest BCUT2D eigenvalue weighted by Crippen LogP contribution is 2.27. The summed E-state index contributed by atoms with van der Waals surface area (Å²) in [7, 11) is 0. The molecular formula is C18H18ClN3O3. The first-order valence-electron chi connectivity index (χ1n) is 8.22. The van der Waals surface area contributed by atoms with Crippen LogP contribution >= 0.6 is 11.6 Å². The Balaban J connectivity index is 1.61. The van der Waals surface area contributed by atoms with Gasteiger partial charge in [-0.15, -0.1) is 0 Å². The molecule has 1 aromatic carbocycles. The fourth-order valence-electron chi connectivity index (χ4n) is 3.20. The van der Waals surface area contributed by atoms with Crippen molar-refractivity contribution in [2.75, 3.05) is 19.8 Å². The highest BCUT2D eigenvalue weighted by Gasteiger charge is 2.30. The lowest BCUT2D eigenvalue weighted by atomic mass is 10.2. The van der Waals surface area contributed by atoms with Gasteiger partial charge in [-0.2, -0.15) is 0 Å². The molecule has 0 unspecified atom stereocenters. The van der Waals surface area contributed by atoms with Crippen LogP contribution in [0.4, 0.5) is 0 Å². The van der Waals surface area contributed by atoms with Crippen molar-refractivity contribution in [3.8, 4) is 0 Å². The topological polar surface area (TPSA) is 60.5 Å². The molecule has 1 aliphatic heterocycles. The zero-order valence-corrected chi connectivity index (χ0v) is 14.6. The summed E-state index contributed by atoms with van der Waals surface area (Å²) in [4.78, 5) is 18.9. The van der Waals surface area contributed by atoms with Crippen LogP contribution in [0.1, 0.15) is 29.2 Å². The van der Waals surface area contributed by atoms with Crippen molar-refractivity contribution < 1.29 is 13.9 Å². The highest BCUT2D eigenvalue weighted by molar-refractivity contribution is 6.31. The molecule has 0 radical (unpaired) electrons. The van der Waals surface area contributed by atoms with Crippen LogP contribution in [-0.4, -0.2) is 40.1 Å². The van der Waals surface area contributed by atoms with Crippen molar-refractivity contribution >= 4 is 28.5 Å². The number of aromatic nitrogens is 2. The Labute approximate surface area is 149 Å². The van der Waals surface area contributed by atoms with Crippen LogP contribution in [0, 0.1) is 0 Å². The van der Waals surface area contributed by atoms with Gasteiger partial charge in [0.15, 0.2) is 5.76 Å². The lowest BCUT2D eigenvalue weighted by Crippen LogP contribution is -2.42. The van der Waals surface area contributed by atoms with Crippen molar-refractivity contribution in [1.82, 2.24) is 14.5 Å². The van der Waals surface area contributed by atoms with Gasteiger partial charge in [0.25, 0.3) is 5.91 Å². The molecule has 0 bridgehead atoms. The molecule has 0 N–H and O–H groups in total. The van der Waals surface area contributed by atoms with E-state index >= 15 is 0 Å². The predicted molar refractivity (Wildman–Crippen MR) is 93.7 cm³/mol. The molecule has 3 heterocycles. The van der Waals surface area contributed by atoms with Gasteiger partial charge in [0.1, 0.15) is 5.58 Å². The zero-order chi connectivity index (χ0) is 17.4. The van der Waals surface area contributed by atoms with E-state index in [9.17, 15) is 4.79 Å². The summed E-state index contributed by atoms with van der Waals surface area (Å²) < 4.78 is 13.4. The minimum Gasteiger partial charge on any atom is -0.451 e. The van der Waals surface area contributed by atoms with Gasteiger partial charge in [-0.25, -0.2) is 4.98 Å². The van der Waals surface area contributed by atoms with Gasteiger partial charge in [-0.05, 0) is 31.2 Å². The molecule has 3 aromatic rings. The van der Waals surface area contributed by atoms with E-state index in [2.05, 4.69) is 9.55 Å². The number of halogens is 1. The first kappa shape index (κ1) is 16.2. The Morgan fingerprint density at radius 3 is 3.16 bits per heavy atom. The molecule has 1 aliphatic rings. The summed E-state index contributed by atoms with van der Waals surface area (Å²) in [6.45, 7) is 4.19. The maximum absolute atomic E-state index is 12.9. The van der Waals surface area contributed by atoms with E-state index < -0.39 is 0 Å². The Bertz CT molecular complexity index is 917. The van der Waals surface area contributed by atoms with Crippen molar-refractivity contribution in [3.05, 3.63) is 53.3 Å². The Hall–Kier alpha value is -2.31. The molecule has 0 saturated heterocycles.